The summed E-state index contributed by atoms with van der Waals surface area (Å²) in [6.45, 7) is 3.66. The van der Waals surface area contributed by atoms with Gasteiger partial charge in [-0.2, -0.15) is 0 Å². The van der Waals surface area contributed by atoms with Crippen LogP contribution in [0.5, 0.6) is 5.75 Å². The minimum Gasteiger partial charge on any atom is -0.495 e. The van der Waals surface area contributed by atoms with Crippen LogP contribution in [0.25, 0.3) is 32.0 Å². The van der Waals surface area contributed by atoms with Crippen molar-refractivity contribution in [2.75, 3.05) is 7.11 Å². The number of aryl methyl sites for hydroxylation is 2. The predicted octanol–water partition coefficient (Wildman–Crippen LogP) is 4.50. The van der Waals surface area contributed by atoms with Gasteiger partial charge in [0, 0.05) is 17.1 Å². The number of halogens is 2. The highest BCUT2D eigenvalue weighted by Crippen LogP contribution is 2.38. The van der Waals surface area contributed by atoms with Gasteiger partial charge in [0.1, 0.15) is 22.2 Å². The molecule has 0 spiro atoms. The van der Waals surface area contributed by atoms with Gasteiger partial charge < -0.3 is 9.30 Å². The Bertz CT molecular complexity index is 1680. The van der Waals surface area contributed by atoms with Gasteiger partial charge in [-0.15, -0.1) is 11.3 Å². The van der Waals surface area contributed by atoms with Crippen LogP contribution in [0.1, 0.15) is 11.3 Å². The highest BCUT2D eigenvalue weighted by atomic mass is 32.1. The zero-order valence-corrected chi connectivity index (χ0v) is 19.2. The molecule has 0 amide bonds. The Kier molecular flexibility index (Phi) is 5.17. The van der Waals surface area contributed by atoms with Crippen molar-refractivity contribution in [3.63, 3.8) is 0 Å². The van der Waals surface area contributed by atoms with Crippen LogP contribution in [-0.2, 0) is 0 Å². The van der Waals surface area contributed by atoms with Crippen molar-refractivity contribution < 1.29 is 13.5 Å². The van der Waals surface area contributed by atoms with Crippen molar-refractivity contribution in [2.45, 2.75) is 13.8 Å². The minimum absolute atomic E-state index is 0.181. The number of ether oxygens (including phenoxy) is 1. The molecule has 0 saturated heterocycles. The number of fused-ring (bicyclic) bond motifs is 1. The average Bonchev–Trinajstić information content (AvgIpc) is 3.35. The van der Waals surface area contributed by atoms with E-state index in [2.05, 4.69) is 9.97 Å². The number of benzene rings is 2. The summed E-state index contributed by atoms with van der Waals surface area (Å²) in [6.07, 6.45) is 3.57. The van der Waals surface area contributed by atoms with Crippen molar-refractivity contribution in [1.29, 1.82) is 0 Å². The smallest absolute Gasteiger partial charge is 0.334 e. The topological polar surface area (TPSA) is 81.9 Å². The van der Waals surface area contributed by atoms with Crippen molar-refractivity contribution in [3.05, 3.63) is 92.7 Å². The second-order valence-corrected chi connectivity index (χ2v) is 8.79. The SMILES string of the molecule is COc1cc(-c2sc3[nH]c(=O)n(-c4cc(F)cc(F)c4)c(=O)c3c2C)ccc1-n1cnc(C)c1. The average molecular weight is 480 g/mol. The molecule has 3 aromatic heterocycles. The fraction of sp³-hybridized carbons (Fsp3) is 0.125. The summed E-state index contributed by atoms with van der Waals surface area (Å²) < 4.78 is 35.7. The van der Waals surface area contributed by atoms with Crippen LogP contribution in [0.15, 0.2) is 58.5 Å². The highest BCUT2D eigenvalue weighted by Gasteiger charge is 2.19. The zero-order valence-electron chi connectivity index (χ0n) is 18.3. The third-order valence-electron chi connectivity index (χ3n) is 5.52. The molecule has 0 bridgehead atoms. The highest BCUT2D eigenvalue weighted by molar-refractivity contribution is 7.22. The van der Waals surface area contributed by atoms with Gasteiger partial charge in [-0.05, 0) is 49.2 Å². The van der Waals surface area contributed by atoms with Gasteiger partial charge in [-0.3, -0.25) is 9.78 Å². The van der Waals surface area contributed by atoms with E-state index >= 15 is 0 Å². The van der Waals surface area contributed by atoms with Crippen LogP contribution in [0.2, 0.25) is 0 Å². The van der Waals surface area contributed by atoms with Crippen LogP contribution >= 0.6 is 11.3 Å². The molecule has 0 radical (unpaired) electrons. The van der Waals surface area contributed by atoms with Crippen LogP contribution in [0, 0.1) is 25.5 Å². The Morgan fingerprint density at radius 1 is 1.06 bits per heavy atom. The number of imidazole rings is 1. The number of methoxy groups -OCH3 is 1. The first-order valence-corrected chi connectivity index (χ1v) is 11.0. The number of aromatic amines is 1. The van der Waals surface area contributed by atoms with Crippen LogP contribution in [-0.4, -0.2) is 26.2 Å². The second-order valence-electron chi connectivity index (χ2n) is 7.77. The van der Waals surface area contributed by atoms with E-state index < -0.39 is 22.9 Å². The first-order valence-electron chi connectivity index (χ1n) is 10.2. The van der Waals surface area contributed by atoms with E-state index in [4.69, 9.17) is 4.74 Å². The maximum atomic E-state index is 13.7. The molecule has 10 heteroatoms. The summed E-state index contributed by atoms with van der Waals surface area (Å²) in [5.41, 5.74) is 1.48. The second kappa shape index (κ2) is 8.07. The molecule has 0 aliphatic rings. The quantitative estimate of drug-likeness (QED) is 0.411. The molecule has 7 nitrogen and oxygen atoms in total. The number of hydrogen-bond acceptors (Lipinski definition) is 5. The molecule has 5 rings (SSSR count). The van der Waals surface area contributed by atoms with Gasteiger partial charge in [0.05, 0.1) is 35.9 Å². The van der Waals surface area contributed by atoms with Gasteiger partial charge in [0.2, 0.25) is 0 Å². The largest absolute Gasteiger partial charge is 0.495 e. The monoisotopic (exact) mass is 480 g/mol. The van der Waals surface area contributed by atoms with Crippen LogP contribution in [0.4, 0.5) is 8.78 Å². The lowest BCUT2D eigenvalue weighted by Gasteiger charge is -2.11. The summed E-state index contributed by atoms with van der Waals surface area (Å²) in [4.78, 5) is 34.0. The first kappa shape index (κ1) is 21.8. The molecule has 0 unspecified atom stereocenters. The summed E-state index contributed by atoms with van der Waals surface area (Å²) in [7, 11) is 1.57. The number of rotatable bonds is 4. The van der Waals surface area contributed by atoms with Crippen LogP contribution in [0.3, 0.4) is 0 Å². The molecule has 2 aromatic carbocycles. The molecule has 34 heavy (non-hydrogen) atoms. The van der Waals surface area contributed by atoms with E-state index in [1.807, 2.05) is 35.9 Å². The number of H-pyrrole nitrogens is 1. The fourth-order valence-corrected chi connectivity index (χ4v) is 5.16. The molecule has 0 fully saturated rings. The zero-order chi connectivity index (χ0) is 24.1. The van der Waals surface area contributed by atoms with E-state index in [1.165, 1.54) is 11.3 Å². The van der Waals surface area contributed by atoms with Gasteiger partial charge in [-0.1, -0.05) is 6.07 Å². The standard InChI is InChI=1S/C24H18F2N4O3S/c1-12-10-29(11-27-12)18-5-4-14(6-19(18)33-3)21-13(2)20-22(34-21)28-24(32)30(23(20)31)17-8-15(25)7-16(26)9-17/h4-11H,1-3H3,(H,28,32). The normalized spacial score (nSPS) is 11.3. The molecule has 0 saturated carbocycles. The summed E-state index contributed by atoms with van der Waals surface area (Å²) in [6, 6.07) is 8.18. The van der Waals surface area contributed by atoms with Gasteiger partial charge in [0.25, 0.3) is 5.56 Å². The van der Waals surface area contributed by atoms with E-state index in [0.717, 1.165) is 38.5 Å². The van der Waals surface area contributed by atoms with Crippen LogP contribution < -0.4 is 16.0 Å². The Morgan fingerprint density at radius 3 is 2.44 bits per heavy atom. The van der Waals surface area contributed by atoms with E-state index in [1.54, 1.807) is 20.4 Å². The molecular weight excluding hydrogens is 462 g/mol. The lowest BCUT2D eigenvalue weighted by atomic mass is 10.1. The van der Waals surface area contributed by atoms with Crippen molar-refractivity contribution >= 4 is 21.6 Å². The summed E-state index contributed by atoms with van der Waals surface area (Å²) in [5.74, 6) is -1.17. The number of nitrogens with zero attached hydrogens (tertiary/aromatic N) is 3. The Hall–Kier alpha value is -4.05. The number of thiophene rings is 1. The minimum atomic E-state index is -0.885. The van der Waals surface area contributed by atoms with Gasteiger partial charge in [0.15, 0.2) is 0 Å². The molecule has 5 aromatic rings. The Morgan fingerprint density at radius 2 is 1.79 bits per heavy atom. The molecule has 172 valence electrons. The molecule has 1 N–H and O–H groups in total. The molecular formula is C24H18F2N4O3S. The lowest BCUT2D eigenvalue weighted by Crippen LogP contribution is -2.33. The number of nitrogens with one attached hydrogen (secondary N) is 1. The molecule has 3 heterocycles. The Labute approximate surface area is 195 Å². The predicted molar refractivity (Wildman–Crippen MR) is 127 cm³/mol. The summed E-state index contributed by atoms with van der Waals surface area (Å²) >= 11 is 1.25. The van der Waals surface area contributed by atoms with Gasteiger partial charge >= 0.3 is 5.69 Å². The van der Waals surface area contributed by atoms with Crippen molar-refractivity contribution in [2.24, 2.45) is 0 Å². The van der Waals surface area contributed by atoms with Gasteiger partial charge in [-0.25, -0.2) is 23.1 Å². The van der Waals surface area contributed by atoms with Crippen molar-refractivity contribution in [1.82, 2.24) is 19.1 Å². The molecule has 0 aliphatic carbocycles. The van der Waals surface area contributed by atoms with E-state index in [0.29, 0.717) is 22.2 Å². The first-order chi connectivity index (χ1) is 16.3. The van der Waals surface area contributed by atoms with E-state index in [-0.39, 0.29) is 11.1 Å². The summed E-state index contributed by atoms with van der Waals surface area (Å²) in [5, 5.41) is 0.276. The Balaban J connectivity index is 1.69. The van der Waals surface area contributed by atoms with Crippen molar-refractivity contribution in [3.8, 4) is 27.6 Å². The number of hydrogen-bond donors (Lipinski definition) is 1. The third kappa shape index (κ3) is 3.52. The maximum absolute atomic E-state index is 13.7. The third-order valence-corrected chi connectivity index (χ3v) is 6.78. The number of aromatic nitrogens is 4. The maximum Gasteiger partial charge on any atom is 0.334 e. The van der Waals surface area contributed by atoms with E-state index in [9.17, 15) is 18.4 Å². The molecule has 0 atom stereocenters. The fourth-order valence-electron chi connectivity index (χ4n) is 3.98. The molecule has 0 aliphatic heterocycles. The lowest BCUT2D eigenvalue weighted by molar-refractivity contribution is 0.413.